The van der Waals surface area contributed by atoms with E-state index in [0.717, 1.165) is 24.2 Å². The lowest BCUT2D eigenvalue weighted by Gasteiger charge is -2.27. The van der Waals surface area contributed by atoms with Crippen molar-refractivity contribution in [3.63, 3.8) is 0 Å². The predicted octanol–water partition coefficient (Wildman–Crippen LogP) is 1.00. The summed E-state index contributed by atoms with van der Waals surface area (Å²) in [6.07, 6.45) is 1.65. The normalized spacial score (nSPS) is 23.6. The van der Waals surface area contributed by atoms with Gasteiger partial charge in [-0.15, -0.1) is 11.3 Å². The second kappa shape index (κ2) is 5.80. The number of amides is 1. The Morgan fingerprint density at radius 1 is 1.55 bits per heavy atom. The summed E-state index contributed by atoms with van der Waals surface area (Å²) in [5.74, 6) is -0.257. The molecule has 0 aromatic carbocycles. The molecule has 2 atom stereocenters. The Morgan fingerprint density at radius 3 is 2.80 bits per heavy atom. The zero-order valence-corrected chi connectivity index (χ0v) is 13.0. The van der Waals surface area contributed by atoms with Gasteiger partial charge in [0.1, 0.15) is 0 Å². The van der Waals surface area contributed by atoms with E-state index in [1.807, 2.05) is 6.92 Å². The third-order valence-corrected chi connectivity index (χ3v) is 5.44. The Balaban J connectivity index is 2.10. The Bertz CT molecular complexity index is 609. The van der Waals surface area contributed by atoms with Crippen LogP contribution in [0.25, 0.3) is 0 Å². The van der Waals surface area contributed by atoms with Crippen LogP contribution in [0.4, 0.5) is 0 Å². The molecule has 6 nitrogen and oxygen atoms in total. The molecular formula is C12H18N2O4S2. The van der Waals surface area contributed by atoms with Crippen molar-refractivity contribution in [3.05, 3.63) is 15.8 Å². The molecule has 0 saturated carbocycles. The summed E-state index contributed by atoms with van der Waals surface area (Å²) in [6.45, 7) is 4.22. The van der Waals surface area contributed by atoms with E-state index >= 15 is 0 Å². The third kappa shape index (κ3) is 3.57. The van der Waals surface area contributed by atoms with Gasteiger partial charge in [0.05, 0.1) is 15.9 Å². The smallest absolute Gasteiger partial charge is 0.261 e. The largest absolute Gasteiger partial charge is 0.378 e. The SMILES string of the molecule is Cc1sc(C(=O)NC2CCOC(C)C2)cc1S(N)(=O)=O. The zero-order chi connectivity index (χ0) is 14.9. The number of sulfonamides is 1. The molecule has 20 heavy (non-hydrogen) atoms. The number of thiophene rings is 1. The second-order valence-electron chi connectivity index (χ2n) is 4.95. The minimum absolute atomic E-state index is 0.0213. The van der Waals surface area contributed by atoms with Gasteiger partial charge >= 0.3 is 0 Å². The van der Waals surface area contributed by atoms with Gasteiger partial charge in [-0.25, -0.2) is 13.6 Å². The summed E-state index contributed by atoms with van der Waals surface area (Å²) in [4.78, 5) is 13.0. The summed E-state index contributed by atoms with van der Waals surface area (Å²) in [7, 11) is -3.78. The molecule has 1 aliphatic rings. The highest BCUT2D eigenvalue weighted by Crippen LogP contribution is 2.25. The van der Waals surface area contributed by atoms with Gasteiger partial charge < -0.3 is 10.1 Å². The van der Waals surface area contributed by atoms with E-state index in [9.17, 15) is 13.2 Å². The molecular weight excluding hydrogens is 300 g/mol. The van der Waals surface area contributed by atoms with Crippen LogP contribution in [-0.4, -0.2) is 33.1 Å². The number of carbonyl (C=O) groups excluding carboxylic acids is 1. The summed E-state index contributed by atoms with van der Waals surface area (Å²) in [5.41, 5.74) is 0. The number of hydrogen-bond acceptors (Lipinski definition) is 5. The van der Waals surface area contributed by atoms with Crippen molar-refractivity contribution >= 4 is 27.3 Å². The topological polar surface area (TPSA) is 98.5 Å². The Labute approximate surface area is 122 Å². The number of ether oxygens (including phenoxy) is 1. The number of primary sulfonamides is 1. The number of carbonyl (C=O) groups is 1. The second-order valence-corrected chi connectivity index (χ2v) is 7.74. The first-order chi connectivity index (χ1) is 9.27. The fourth-order valence-corrected chi connectivity index (χ4v) is 4.29. The van der Waals surface area contributed by atoms with Gasteiger partial charge in [0, 0.05) is 17.5 Å². The number of nitrogens with one attached hydrogen (secondary N) is 1. The van der Waals surface area contributed by atoms with Crippen LogP contribution in [0.15, 0.2) is 11.0 Å². The summed E-state index contributed by atoms with van der Waals surface area (Å²) >= 11 is 1.14. The van der Waals surface area contributed by atoms with Crippen LogP contribution in [0, 0.1) is 6.92 Å². The molecule has 1 aliphatic heterocycles. The third-order valence-electron chi connectivity index (χ3n) is 3.22. The lowest BCUT2D eigenvalue weighted by Crippen LogP contribution is -2.41. The Kier molecular flexibility index (Phi) is 4.48. The Morgan fingerprint density at radius 2 is 2.25 bits per heavy atom. The first kappa shape index (κ1) is 15.4. The lowest BCUT2D eigenvalue weighted by molar-refractivity contribution is 0.0137. The van der Waals surface area contributed by atoms with Gasteiger partial charge in [0.15, 0.2) is 0 Å². The quantitative estimate of drug-likeness (QED) is 0.868. The van der Waals surface area contributed by atoms with E-state index in [1.54, 1.807) is 6.92 Å². The van der Waals surface area contributed by atoms with Gasteiger partial charge in [-0.05, 0) is 32.8 Å². The molecule has 1 aromatic heterocycles. The number of aryl methyl sites for hydroxylation is 1. The van der Waals surface area contributed by atoms with Crippen molar-refractivity contribution < 1.29 is 17.9 Å². The van der Waals surface area contributed by atoms with Gasteiger partial charge in [-0.1, -0.05) is 0 Å². The molecule has 1 aromatic rings. The molecule has 0 aliphatic carbocycles. The zero-order valence-electron chi connectivity index (χ0n) is 11.4. The molecule has 0 bridgehead atoms. The van der Waals surface area contributed by atoms with E-state index in [2.05, 4.69) is 5.32 Å². The van der Waals surface area contributed by atoms with E-state index in [4.69, 9.17) is 9.88 Å². The number of nitrogens with two attached hydrogens (primary N) is 1. The van der Waals surface area contributed by atoms with Crippen molar-refractivity contribution in [2.24, 2.45) is 5.14 Å². The molecule has 2 unspecified atom stereocenters. The maximum atomic E-state index is 12.1. The first-order valence-electron chi connectivity index (χ1n) is 6.33. The molecule has 1 fully saturated rings. The van der Waals surface area contributed by atoms with Crippen LogP contribution >= 0.6 is 11.3 Å². The minimum atomic E-state index is -3.78. The van der Waals surface area contributed by atoms with Crippen molar-refractivity contribution in [1.29, 1.82) is 0 Å². The van der Waals surface area contributed by atoms with Gasteiger partial charge in [-0.3, -0.25) is 4.79 Å². The fraction of sp³-hybridized carbons (Fsp3) is 0.583. The van der Waals surface area contributed by atoms with Crippen LogP contribution in [0.3, 0.4) is 0 Å². The van der Waals surface area contributed by atoms with Crippen LogP contribution in [0.2, 0.25) is 0 Å². The molecule has 0 radical (unpaired) electrons. The molecule has 3 N–H and O–H groups in total. The summed E-state index contributed by atoms with van der Waals surface area (Å²) in [6, 6.07) is 1.40. The molecule has 2 rings (SSSR count). The highest BCUT2D eigenvalue weighted by Gasteiger charge is 2.24. The van der Waals surface area contributed by atoms with Crippen LogP contribution in [0.5, 0.6) is 0 Å². The molecule has 112 valence electrons. The molecule has 0 spiro atoms. The lowest BCUT2D eigenvalue weighted by atomic mass is 10.0. The summed E-state index contributed by atoms with van der Waals surface area (Å²) in [5, 5.41) is 8.02. The Hall–Kier alpha value is -0.960. The van der Waals surface area contributed by atoms with E-state index in [-0.39, 0.29) is 22.9 Å². The van der Waals surface area contributed by atoms with Crippen LogP contribution < -0.4 is 10.5 Å². The monoisotopic (exact) mass is 318 g/mol. The molecule has 8 heteroatoms. The molecule has 1 saturated heterocycles. The van der Waals surface area contributed by atoms with Crippen LogP contribution in [-0.2, 0) is 14.8 Å². The fourth-order valence-electron chi connectivity index (χ4n) is 2.25. The highest BCUT2D eigenvalue weighted by molar-refractivity contribution is 7.89. The van der Waals surface area contributed by atoms with E-state index < -0.39 is 10.0 Å². The highest BCUT2D eigenvalue weighted by atomic mass is 32.2. The van der Waals surface area contributed by atoms with Crippen molar-refractivity contribution in [3.8, 4) is 0 Å². The maximum absolute atomic E-state index is 12.1. The first-order valence-corrected chi connectivity index (χ1v) is 8.69. The standard InChI is InChI=1S/C12H18N2O4S2/c1-7-5-9(3-4-18-7)14-12(15)10-6-11(8(2)19-10)20(13,16)17/h6-7,9H,3-5H2,1-2H3,(H,14,15)(H2,13,16,17). The minimum Gasteiger partial charge on any atom is -0.378 e. The maximum Gasteiger partial charge on any atom is 0.261 e. The average molecular weight is 318 g/mol. The van der Waals surface area contributed by atoms with E-state index in [1.165, 1.54) is 6.07 Å². The van der Waals surface area contributed by atoms with Crippen LogP contribution in [0.1, 0.15) is 34.3 Å². The van der Waals surface area contributed by atoms with Gasteiger partial charge in [-0.2, -0.15) is 0 Å². The van der Waals surface area contributed by atoms with Crippen molar-refractivity contribution in [2.45, 2.75) is 43.7 Å². The average Bonchev–Trinajstić information content (AvgIpc) is 2.71. The molecule has 2 heterocycles. The van der Waals surface area contributed by atoms with Crippen molar-refractivity contribution in [2.75, 3.05) is 6.61 Å². The van der Waals surface area contributed by atoms with Gasteiger partial charge in [0.2, 0.25) is 10.0 Å². The van der Waals surface area contributed by atoms with Gasteiger partial charge in [0.25, 0.3) is 5.91 Å². The molecule has 1 amide bonds. The number of hydrogen-bond donors (Lipinski definition) is 2. The van der Waals surface area contributed by atoms with E-state index in [0.29, 0.717) is 16.4 Å². The number of rotatable bonds is 3. The summed E-state index contributed by atoms with van der Waals surface area (Å²) < 4.78 is 28.1. The van der Waals surface area contributed by atoms with Crippen molar-refractivity contribution in [1.82, 2.24) is 5.32 Å². The predicted molar refractivity (Wildman–Crippen MR) is 76.3 cm³/mol.